The van der Waals surface area contributed by atoms with E-state index in [1.807, 2.05) is 0 Å². The van der Waals surface area contributed by atoms with Crippen LogP contribution in [0.15, 0.2) is 0 Å². The third-order valence-electron chi connectivity index (χ3n) is 2.49. The highest BCUT2D eigenvalue weighted by Crippen LogP contribution is 2.07. The second kappa shape index (κ2) is 4.67. The van der Waals surface area contributed by atoms with Gasteiger partial charge in [0.1, 0.15) is 6.04 Å². The van der Waals surface area contributed by atoms with E-state index in [4.69, 9.17) is 5.21 Å². The predicted octanol–water partition coefficient (Wildman–Crippen LogP) is -3.30. The molecule has 0 spiro atoms. The highest BCUT2D eigenvalue weighted by atomic mass is 16.8. The Morgan fingerprint density at radius 1 is 1.71 bits per heavy atom. The summed E-state index contributed by atoms with van der Waals surface area (Å²) in [5, 5.41) is 29.5. The molecule has 0 radical (unpaired) electrons. The van der Waals surface area contributed by atoms with Gasteiger partial charge in [0.25, 0.3) is 0 Å². The van der Waals surface area contributed by atoms with Crippen molar-refractivity contribution in [2.45, 2.75) is 12.5 Å². The Balaban J connectivity index is 2.68. The van der Waals surface area contributed by atoms with Gasteiger partial charge in [-0.3, -0.25) is 4.79 Å². The molecule has 1 rings (SSSR count). The van der Waals surface area contributed by atoms with E-state index in [2.05, 4.69) is 4.74 Å². The van der Waals surface area contributed by atoms with E-state index in [9.17, 15) is 15.2 Å². The van der Waals surface area contributed by atoms with E-state index < -0.39 is 23.2 Å². The van der Waals surface area contributed by atoms with Crippen LogP contribution in [-0.4, -0.2) is 37.4 Å². The molecular formula is C7H14N2O5. The lowest BCUT2D eigenvalue weighted by molar-refractivity contribution is -1.08. The fraction of sp³-hybridized carbons (Fsp3) is 0.857. The number of esters is 1. The number of hydrogen-bond acceptors (Lipinski definition) is 5. The Bertz CT molecular complexity index is 210. The molecule has 1 aliphatic heterocycles. The molecule has 3 N–H and O–H groups in total. The summed E-state index contributed by atoms with van der Waals surface area (Å²) in [5.41, 5.74) is 0. The van der Waals surface area contributed by atoms with Gasteiger partial charge in [-0.1, -0.05) is 0 Å². The third-order valence-corrected chi connectivity index (χ3v) is 2.49. The maximum Gasteiger partial charge on any atom is 0.320 e. The minimum Gasteiger partial charge on any atom is -0.634 e. The molecule has 0 amide bonds. The van der Waals surface area contributed by atoms with Crippen LogP contribution in [0.1, 0.15) is 6.42 Å². The number of piperidine rings is 1. The number of methoxy groups -OCH3 is 1. The molecule has 4 unspecified atom stereocenters. The Morgan fingerprint density at radius 3 is 2.86 bits per heavy atom. The van der Waals surface area contributed by atoms with Crippen molar-refractivity contribution in [3.63, 3.8) is 0 Å². The van der Waals surface area contributed by atoms with Gasteiger partial charge in [0.05, 0.1) is 26.6 Å². The SMILES string of the molecule is COC(=O)C1C[NH+]([O-])CCC1[NH+]([O-])O. The topological polar surface area (TPSA) is 102 Å². The van der Waals surface area contributed by atoms with Gasteiger partial charge in [-0.15, -0.1) is 0 Å². The van der Waals surface area contributed by atoms with Crippen LogP contribution in [-0.2, 0) is 9.53 Å². The van der Waals surface area contributed by atoms with Crippen molar-refractivity contribution < 1.29 is 25.0 Å². The number of rotatable bonds is 2. The minimum atomic E-state index is -1.03. The molecule has 1 fully saturated rings. The fourth-order valence-corrected chi connectivity index (χ4v) is 1.70. The third kappa shape index (κ3) is 2.40. The van der Waals surface area contributed by atoms with Gasteiger partial charge in [-0.05, 0) is 0 Å². The molecule has 0 aliphatic carbocycles. The summed E-state index contributed by atoms with van der Waals surface area (Å²) in [6.07, 6.45) is 0.230. The van der Waals surface area contributed by atoms with Crippen LogP contribution in [0.5, 0.6) is 0 Å². The van der Waals surface area contributed by atoms with E-state index in [1.165, 1.54) is 7.11 Å². The molecule has 7 heteroatoms. The smallest absolute Gasteiger partial charge is 0.320 e. The second-order valence-corrected chi connectivity index (χ2v) is 3.36. The van der Waals surface area contributed by atoms with Gasteiger partial charge in [0, 0.05) is 0 Å². The monoisotopic (exact) mass is 206 g/mol. The van der Waals surface area contributed by atoms with E-state index >= 15 is 0 Å². The lowest BCUT2D eigenvalue weighted by Gasteiger charge is -2.37. The summed E-state index contributed by atoms with van der Waals surface area (Å²) < 4.78 is 4.46. The molecule has 1 heterocycles. The first kappa shape index (κ1) is 11.3. The number of carbonyl (C=O) groups is 1. The van der Waals surface area contributed by atoms with Gasteiger partial charge >= 0.3 is 5.97 Å². The van der Waals surface area contributed by atoms with Crippen molar-refractivity contribution in [2.75, 3.05) is 20.2 Å². The number of hydroxylamine groups is 4. The van der Waals surface area contributed by atoms with Gasteiger partial charge in [-0.25, -0.2) is 10.4 Å². The fourth-order valence-electron chi connectivity index (χ4n) is 1.70. The molecule has 1 aliphatic rings. The van der Waals surface area contributed by atoms with Crippen molar-refractivity contribution in [1.29, 1.82) is 0 Å². The molecule has 0 aromatic rings. The van der Waals surface area contributed by atoms with Crippen molar-refractivity contribution in [1.82, 2.24) is 0 Å². The molecular weight excluding hydrogens is 192 g/mol. The van der Waals surface area contributed by atoms with E-state index in [0.29, 0.717) is 0 Å². The minimum absolute atomic E-state index is 0.0103. The summed E-state index contributed by atoms with van der Waals surface area (Å²) in [6, 6.07) is -0.778. The number of ether oxygens (including phenoxy) is 1. The molecule has 1 saturated heterocycles. The largest absolute Gasteiger partial charge is 0.634 e. The van der Waals surface area contributed by atoms with E-state index in [0.717, 1.165) is 0 Å². The molecule has 0 aromatic carbocycles. The molecule has 7 nitrogen and oxygen atoms in total. The molecule has 4 atom stereocenters. The summed E-state index contributed by atoms with van der Waals surface area (Å²) in [7, 11) is 1.19. The standard InChI is InChI=1S/C7H14N2O5/c1-14-7(10)5-4-8(11)3-2-6(5)9(12)13/h5-6,8-9,12H,2-4H2,1H3. The first-order chi connectivity index (χ1) is 6.56. The quantitative estimate of drug-likeness (QED) is 0.249. The van der Waals surface area contributed by atoms with Crippen LogP contribution in [0.2, 0.25) is 0 Å². The summed E-state index contributed by atoms with van der Waals surface area (Å²) >= 11 is 0. The van der Waals surface area contributed by atoms with E-state index in [-0.39, 0.29) is 24.6 Å². The zero-order valence-electron chi connectivity index (χ0n) is 7.86. The van der Waals surface area contributed by atoms with Gasteiger partial charge < -0.3 is 20.2 Å². The molecule has 0 bridgehead atoms. The lowest BCUT2D eigenvalue weighted by Crippen LogP contribution is -3.17. The number of nitrogens with one attached hydrogen (secondary N) is 2. The summed E-state index contributed by atoms with van der Waals surface area (Å²) in [5.74, 6) is -1.41. The number of quaternary nitrogens is 2. The first-order valence-corrected chi connectivity index (χ1v) is 4.38. The summed E-state index contributed by atoms with van der Waals surface area (Å²) in [4.78, 5) is 11.2. The van der Waals surface area contributed by atoms with Crippen LogP contribution < -0.4 is 10.3 Å². The highest BCUT2D eigenvalue weighted by molar-refractivity contribution is 5.73. The van der Waals surface area contributed by atoms with Crippen LogP contribution in [0.25, 0.3) is 0 Å². The lowest BCUT2D eigenvalue weighted by atomic mass is 9.94. The number of hydrogen-bond donors (Lipinski definition) is 3. The van der Waals surface area contributed by atoms with Crippen LogP contribution in [0.3, 0.4) is 0 Å². The maximum atomic E-state index is 11.2. The maximum absolute atomic E-state index is 11.2. The second-order valence-electron chi connectivity index (χ2n) is 3.36. The van der Waals surface area contributed by atoms with Crippen molar-refractivity contribution >= 4 is 5.97 Å². The zero-order valence-corrected chi connectivity index (χ0v) is 7.86. The molecule has 82 valence electrons. The van der Waals surface area contributed by atoms with Crippen molar-refractivity contribution in [3.05, 3.63) is 10.4 Å². The Morgan fingerprint density at radius 2 is 2.36 bits per heavy atom. The van der Waals surface area contributed by atoms with Gasteiger partial charge in [-0.2, -0.15) is 0 Å². The Hall–Kier alpha value is -0.730. The molecule has 0 aromatic heterocycles. The molecule has 0 saturated carbocycles. The molecule has 14 heavy (non-hydrogen) atoms. The first-order valence-electron chi connectivity index (χ1n) is 4.38. The van der Waals surface area contributed by atoms with Gasteiger partial charge in [0.2, 0.25) is 0 Å². The van der Waals surface area contributed by atoms with E-state index in [1.54, 1.807) is 0 Å². The van der Waals surface area contributed by atoms with Crippen LogP contribution in [0.4, 0.5) is 0 Å². The zero-order chi connectivity index (χ0) is 10.7. The highest BCUT2D eigenvalue weighted by Gasteiger charge is 2.40. The predicted molar refractivity (Wildman–Crippen MR) is 44.1 cm³/mol. The number of carbonyl (C=O) groups excluding carboxylic acids is 1. The van der Waals surface area contributed by atoms with Gasteiger partial charge in [0.15, 0.2) is 5.92 Å². The van der Waals surface area contributed by atoms with Crippen LogP contribution >= 0.6 is 0 Å². The van der Waals surface area contributed by atoms with Crippen LogP contribution in [0, 0.1) is 16.3 Å². The van der Waals surface area contributed by atoms with Crippen molar-refractivity contribution in [2.24, 2.45) is 5.92 Å². The Labute approximate surface area is 81.0 Å². The summed E-state index contributed by atoms with van der Waals surface area (Å²) in [6.45, 7) is 0.230. The Kier molecular flexibility index (Phi) is 3.78. The van der Waals surface area contributed by atoms with Crippen molar-refractivity contribution in [3.8, 4) is 0 Å². The normalized spacial score (nSPS) is 35.0. The average molecular weight is 206 g/mol. The average Bonchev–Trinajstić information content (AvgIpc) is 2.16.